The van der Waals surface area contributed by atoms with Crippen LogP contribution in [-0.2, 0) is 9.53 Å². The number of ether oxygens (including phenoxy) is 1. The number of aromatic nitrogens is 1. The lowest BCUT2D eigenvalue weighted by molar-refractivity contribution is -0.385. The van der Waals surface area contributed by atoms with Crippen LogP contribution in [0.15, 0.2) is 63.5 Å². The van der Waals surface area contributed by atoms with E-state index in [0.717, 1.165) is 17.0 Å². The fraction of sp³-hybridized carbons (Fsp3) is 0.240. The number of para-hydroxylation sites is 1. The van der Waals surface area contributed by atoms with Gasteiger partial charge in [-0.15, -0.1) is 0 Å². The number of thiazole rings is 1. The van der Waals surface area contributed by atoms with Gasteiger partial charge in [0.15, 0.2) is 4.80 Å². The summed E-state index contributed by atoms with van der Waals surface area (Å²) in [4.78, 5) is 43.9. The maximum atomic E-state index is 13.6. The summed E-state index contributed by atoms with van der Waals surface area (Å²) in [5.74, 6) is -1.10. The number of phenols is 1. The SMILES string of the molecule is CCOC(=O)C1=C(C)N=c2s/c(=C/c3cccc([N+](=O)[O-])c3O)c(=O)n2[C@H]1c1ccc(N(C)C)cc1. The Kier molecular flexibility index (Phi) is 6.75. The van der Waals surface area contributed by atoms with Crippen LogP contribution in [-0.4, -0.2) is 41.3 Å². The zero-order chi connectivity index (χ0) is 26.1. The number of hydrogen-bond donors (Lipinski definition) is 1. The molecule has 11 heteroatoms. The van der Waals surface area contributed by atoms with Crippen LogP contribution in [0.5, 0.6) is 5.75 Å². The van der Waals surface area contributed by atoms with Gasteiger partial charge in [-0.05, 0) is 37.6 Å². The number of nitrogens with zero attached hydrogens (tertiary/aromatic N) is 4. The topological polar surface area (TPSA) is 127 Å². The molecule has 0 saturated heterocycles. The van der Waals surface area contributed by atoms with Crippen molar-refractivity contribution in [3.8, 4) is 5.75 Å². The summed E-state index contributed by atoms with van der Waals surface area (Å²) in [5, 5.41) is 21.6. The zero-order valence-electron chi connectivity index (χ0n) is 20.1. The molecule has 0 amide bonds. The van der Waals surface area contributed by atoms with E-state index in [9.17, 15) is 24.8 Å². The number of hydrogen-bond acceptors (Lipinski definition) is 9. The lowest BCUT2D eigenvalue weighted by Gasteiger charge is -2.25. The van der Waals surface area contributed by atoms with Crippen molar-refractivity contribution in [3.63, 3.8) is 0 Å². The lowest BCUT2D eigenvalue weighted by atomic mass is 9.95. The van der Waals surface area contributed by atoms with Crippen LogP contribution in [0.4, 0.5) is 11.4 Å². The first-order chi connectivity index (χ1) is 17.1. The molecule has 0 fully saturated rings. The Labute approximate surface area is 209 Å². The van der Waals surface area contributed by atoms with E-state index in [2.05, 4.69) is 4.99 Å². The molecule has 36 heavy (non-hydrogen) atoms. The highest BCUT2D eigenvalue weighted by Crippen LogP contribution is 2.32. The molecule has 0 saturated carbocycles. The Bertz CT molecular complexity index is 1570. The predicted molar refractivity (Wildman–Crippen MR) is 136 cm³/mol. The third-order valence-electron chi connectivity index (χ3n) is 5.77. The highest BCUT2D eigenvalue weighted by Gasteiger charge is 2.33. The van der Waals surface area contributed by atoms with Crippen molar-refractivity contribution in [1.82, 2.24) is 4.57 Å². The Morgan fingerprint density at radius 2 is 1.97 bits per heavy atom. The molecule has 1 aromatic heterocycles. The summed E-state index contributed by atoms with van der Waals surface area (Å²) in [6.07, 6.45) is 1.39. The van der Waals surface area contributed by atoms with Crippen molar-refractivity contribution in [2.45, 2.75) is 19.9 Å². The van der Waals surface area contributed by atoms with E-state index in [1.165, 1.54) is 28.8 Å². The van der Waals surface area contributed by atoms with Gasteiger partial charge in [-0.25, -0.2) is 9.79 Å². The van der Waals surface area contributed by atoms with Gasteiger partial charge in [-0.2, -0.15) is 0 Å². The largest absolute Gasteiger partial charge is 0.502 e. The first-order valence-corrected chi connectivity index (χ1v) is 11.9. The second kappa shape index (κ2) is 9.78. The van der Waals surface area contributed by atoms with E-state index in [1.807, 2.05) is 43.3 Å². The first-order valence-electron chi connectivity index (χ1n) is 11.1. The summed E-state index contributed by atoms with van der Waals surface area (Å²) in [5.41, 5.74) is 1.56. The molecule has 0 aliphatic carbocycles. The third kappa shape index (κ3) is 4.40. The van der Waals surface area contributed by atoms with E-state index in [-0.39, 0.29) is 22.3 Å². The number of anilines is 1. The lowest BCUT2D eigenvalue weighted by Crippen LogP contribution is -2.39. The van der Waals surface area contributed by atoms with E-state index in [0.29, 0.717) is 16.1 Å². The van der Waals surface area contributed by atoms with Gasteiger partial charge >= 0.3 is 11.7 Å². The van der Waals surface area contributed by atoms with E-state index >= 15 is 0 Å². The Hall–Kier alpha value is -4.25. The minimum absolute atomic E-state index is 0.127. The fourth-order valence-electron chi connectivity index (χ4n) is 4.02. The van der Waals surface area contributed by atoms with Crippen LogP contribution in [0.3, 0.4) is 0 Å². The number of allylic oxidation sites excluding steroid dienone is 1. The Morgan fingerprint density at radius 3 is 2.58 bits per heavy atom. The Balaban J connectivity index is 1.95. The van der Waals surface area contributed by atoms with Crippen molar-refractivity contribution in [2.75, 3.05) is 25.6 Å². The molecule has 1 N–H and O–H groups in total. The van der Waals surface area contributed by atoms with Gasteiger partial charge < -0.3 is 14.7 Å². The number of rotatable bonds is 6. The predicted octanol–water partition coefficient (Wildman–Crippen LogP) is 2.48. The van der Waals surface area contributed by atoms with Crippen LogP contribution in [0.1, 0.15) is 31.0 Å². The van der Waals surface area contributed by atoms with Crippen LogP contribution in [0, 0.1) is 10.1 Å². The van der Waals surface area contributed by atoms with Gasteiger partial charge in [0, 0.05) is 31.4 Å². The number of fused-ring (bicyclic) bond motifs is 1. The molecule has 0 bridgehead atoms. The van der Waals surface area contributed by atoms with Crippen LogP contribution in [0.2, 0.25) is 0 Å². The zero-order valence-corrected chi connectivity index (χ0v) is 20.9. The minimum Gasteiger partial charge on any atom is -0.502 e. The molecule has 0 radical (unpaired) electrons. The molecule has 2 aromatic carbocycles. The number of esters is 1. The Morgan fingerprint density at radius 1 is 1.28 bits per heavy atom. The van der Waals surface area contributed by atoms with Crippen molar-refractivity contribution in [3.05, 3.63) is 94.7 Å². The summed E-state index contributed by atoms with van der Waals surface area (Å²) in [6.45, 7) is 3.56. The van der Waals surface area contributed by atoms with Gasteiger partial charge in [0.25, 0.3) is 5.56 Å². The van der Waals surface area contributed by atoms with E-state index in [1.54, 1.807) is 13.8 Å². The summed E-state index contributed by atoms with van der Waals surface area (Å²) < 4.78 is 6.92. The maximum absolute atomic E-state index is 13.6. The second-order valence-corrected chi connectivity index (χ2v) is 9.27. The van der Waals surface area contributed by atoms with Crippen molar-refractivity contribution >= 4 is 34.8 Å². The van der Waals surface area contributed by atoms with Gasteiger partial charge in [0.05, 0.1) is 33.4 Å². The minimum atomic E-state index is -0.780. The quantitative estimate of drug-likeness (QED) is 0.308. The number of carbonyl (C=O) groups is 1. The number of phenolic OH excluding ortho intramolecular Hbond substituents is 1. The van der Waals surface area contributed by atoms with Crippen molar-refractivity contribution in [1.29, 1.82) is 0 Å². The monoisotopic (exact) mass is 508 g/mol. The molecule has 0 unspecified atom stereocenters. The number of benzene rings is 2. The number of carbonyl (C=O) groups excluding carboxylic acids is 1. The van der Waals surface area contributed by atoms with Gasteiger partial charge in [0.1, 0.15) is 0 Å². The standard InChI is InChI=1S/C25H24N4O6S/c1-5-35-24(32)20-14(2)26-25-28(21(20)15-9-11-17(12-10-15)27(3)4)23(31)19(36-25)13-16-7-6-8-18(22(16)30)29(33)34/h6-13,21,30H,5H2,1-4H3/b19-13+/t21-/m0/s1. The molecule has 4 rings (SSSR count). The normalized spacial score (nSPS) is 15.3. The molecule has 2 heterocycles. The van der Waals surface area contributed by atoms with Gasteiger partial charge in [-0.3, -0.25) is 19.5 Å². The highest BCUT2D eigenvalue weighted by molar-refractivity contribution is 7.07. The number of nitro groups is 1. The smallest absolute Gasteiger partial charge is 0.338 e. The molecular weight excluding hydrogens is 484 g/mol. The maximum Gasteiger partial charge on any atom is 0.338 e. The highest BCUT2D eigenvalue weighted by atomic mass is 32.1. The van der Waals surface area contributed by atoms with Crippen molar-refractivity contribution in [2.24, 2.45) is 4.99 Å². The molecule has 10 nitrogen and oxygen atoms in total. The van der Waals surface area contributed by atoms with Gasteiger partial charge in [0.2, 0.25) is 5.75 Å². The van der Waals surface area contributed by atoms with Crippen LogP contribution >= 0.6 is 11.3 Å². The molecule has 1 aliphatic heterocycles. The average molecular weight is 509 g/mol. The molecule has 1 aliphatic rings. The number of nitro benzene ring substituents is 1. The van der Waals surface area contributed by atoms with Crippen LogP contribution in [0.25, 0.3) is 6.08 Å². The summed E-state index contributed by atoms with van der Waals surface area (Å²) in [6, 6.07) is 10.8. The second-order valence-electron chi connectivity index (χ2n) is 8.26. The summed E-state index contributed by atoms with van der Waals surface area (Å²) >= 11 is 1.07. The fourth-order valence-corrected chi connectivity index (χ4v) is 5.05. The van der Waals surface area contributed by atoms with Crippen molar-refractivity contribution < 1.29 is 19.6 Å². The molecule has 3 aromatic rings. The molecular formula is C25H24N4O6S. The third-order valence-corrected chi connectivity index (χ3v) is 6.75. The van der Waals surface area contributed by atoms with Crippen LogP contribution < -0.4 is 19.8 Å². The molecule has 0 spiro atoms. The average Bonchev–Trinajstić information content (AvgIpc) is 3.13. The number of aromatic hydroxyl groups is 1. The van der Waals surface area contributed by atoms with E-state index < -0.39 is 33.9 Å². The molecule has 1 atom stereocenters. The molecule has 186 valence electrons. The first kappa shape index (κ1) is 24.9. The van der Waals surface area contributed by atoms with E-state index in [4.69, 9.17) is 4.74 Å². The van der Waals surface area contributed by atoms with Gasteiger partial charge in [-0.1, -0.05) is 35.6 Å². The summed E-state index contributed by atoms with van der Waals surface area (Å²) in [7, 11) is 3.82.